The van der Waals surface area contributed by atoms with Crippen molar-refractivity contribution in [3.63, 3.8) is 0 Å². The molecule has 0 amide bonds. The van der Waals surface area contributed by atoms with E-state index < -0.39 is 0 Å². The molecule has 0 aliphatic heterocycles. The first-order valence-electron chi connectivity index (χ1n) is 10.9. The van der Waals surface area contributed by atoms with E-state index in [0.717, 1.165) is 0 Å². The fourth-order valence-electron chi connectivity index (χ4n) is 3.50. The number of thiazole rings is 1. The van der Waals surface area contributed by atoms with Gasteiger partial charge in [0, 0.05) is 11.1 Å². The van der Waals surface area contributed by atoms with E-state index in [1.54, 1.807) is 11.3 Å². The molecular weight excluding hydrogens is 354 g/mol. The summed E-state index contributed by atoms with van der Waals surface area (Å²) in [6.07, 6.45) is 23.3. The van der Waals surface area contributed by atoms with Gasteiger partial charge in [0.15, 0.2) is 0 Å². The molecule has 0 atom stereocenters. The Hall–Kier alpha value is -0.670. The number of hydrogen-bond acceptors (Lipinski definition) is 3. The van der Waals surface area contributed by atoms with Gasteiger partial charge in [0.05, 0.1) is 10.4 Å². The highest BCUT2D eigenvalue weighted by molar-refractivity contribution is 7.20. The zero-order chi connectivity index (χ0) is 18.3. The third-order valence-electron chi connectivity index (χ3n) is 5.15. The molecule has 26 heavy (non-hydrogen) atoms. The first-order valence-corrected chi connectivity index (χ1v) is 12.6. The molecule has 1 nitrogen and oxygen atoms in total. The second kappa shape index (κ2) is 14.4. The van der Waals surface area contributed by atoms with Gasteiger partial charge in [0.2, 0.25) is 0 Å². The minimum absolute atomic E-state index is 1.24. The van der Waals surface area contributed by atoms with Crippen molar-refractivity contribution in [2.45, 2.75) is 103 Å². The molecule has 0 aliphatic rings. The van der Waals surface area contributed by atoms with Crippen molar-refractivity contribution in [3.05, 3.63) is 28.7 Å². The quantitative estimate of drug-likeness (QED) is 0.260. The van der Waals surface area contributed by atoms with E-state index in [1.807, 2.05) is 23.0 Å². The summed E-state index contributed by atoms with van der Waals surface area (Å²) in [7, 11) is 0. The van der Waals surface area contributed by atoms with Crippen molar-refractivity contribution in [2.24, 2.45) is 0 Å². The van der Waals surface area contributed by atoms with Gasteiger partial charge in [-0.15, -0.1) is 22.7 Å². The Balaban J connectivity index is 1.36. The summed E-state index contributed by atoms with van der Waals surface area (Å²) >= 11 is 3.60. The Kier molecular flexibility index (Phi) is 12.0. The second-order valence-corrected chi connectivity index (χ2v) is 9.33. The van der Waals surface area contributed by atoms with E-state index in [4.69, 9.17) is 0 Å². The molecule has 0 fully saturated rings. The highest BCUT2D eigenvalue weighted by Crippen LogP contribution is 2.30. The summed E-state index contributed by atoms with van der Waals surface area (Å²) in [5.74, 6) is 0. The lowest BCUT2D eigenvalue weighted by atomic mass is 10.0. The molecule has 0 radical (unpaired) electrons. The molecule has 2 aromatic heterocycles. The van der Waals surface area contributed by atoms with E-state index in [1.165, 1.54) is 112 Å². The standard InChI is InChI=1S/C23H37NS2/c1-2-3-4-5-6-7-8-9-10-11-12-13-14-15-16-21-17-22(25-19-21)23-18-24-20-26-23/h17-20H,2-16H2,1H3. The smallest absolute Gasteiger partial charge is 0.0798 e. The fourth-order valence-corrected chi connectivity index (χ4v) is 5.17. The summed E-state index contributed by atoms with van der Waals surface area (Å²) in [6.45, 7) is 2.29. The number of aromatic nitrogens is 1. The number of aryl methyl sites for hydroxylation is 1. The Bertz CT molecular complexity index is 544. The highest BCUT2D eigenvalue weighted by atomic mass is 32.1. The van der Waals surface area contributed by atoms with Gasteiger partial charge in [-0.3, -0.25) is 4.98 Å². The Morgan fingerprint density at radius 1 is 0.692 bits per heavy atom. The second-order valence-electron chi connectivity index (χ2n) is 7.53. The predicted octanol–water partition coefficient (Wildman–Crippen LogP) is 8.90. The average Bonchev–Trinajstić information content (AvgIpc) is 3.33. The average molecular weight is 392 g/mol. The molecule has 0 saturated carbocycles. The number of thiophene rings is 1. The maximum Gasteiger partial charge on any atom is 0.0798 e. The maximum atomic E-state index is 4.18. The van der Waals surface area contributed by atoms with Crippen molar-refractivity contribution < 1.29 is 0 Å². The molecular formula is C23H37NS2. The minimum atomic E-state index is 1.24. The van der Waals surface area contributed by atoms with E-state index >= 15 is 0 Å². The van der Waals surface area contributed by atoms with Gasteiger partial charge in [-0.2, -0.15) is 0 Å². The summed E-state index contributed by atoms with van der Waals surface area (Å²) in [5, 5.41) is 2.33. The maximum absolute atomic E-state index is 4.18. The molecule has 2 heterocycles. The molecule has 0 bridgehead atoms. The first kappa shape index (κ1) is 21.6. The van der Waals surface area contributed by atoms with Crippen LogP contribution in [0.15, 0.2) is 23.2 Å². The molecule has 0 spiro atoms. The summed E-state index contributed by atoms with van der Waals surface area (Å²) < 4.78 is 0. The topological polar surface area (TPSA) is 12.9 Å². The summed E-state index contributed by atoms with van der Waals surface area (Å²) in [4.78, 5) is 6.87. The molecule has 0 saturated heterocycles. The third-order valence-corrected chi connectivity index (χ3v) is 7.10. The largest absolute Gasteiger partial charge is 0.252 e. The zero-order valence-electron chi connectivity index (χ0n) is 16.7. The normalized spacial score (nSPS) is 11.3. The fraction of sp³-hybridized carbons (Fsp3) is 0.696. The minimum Gasteiger partial charge on any atom is -0.252 e. The SMILES string of the molecule is CCCCCCCCCCCCCCCCc1csc(-c2cncs2)c1. The third kappa shape index (κ3) is 9.32. The lowest BCUT2D eigenvalue weighted by Gasteiger charge is -2.03. The molecule has 0 aliphatic carbocycles. The predicted molar refractivity (Wildman–Crippen MR) is 119 cm³/mol. The highest BCUT2D eigenvalue weighted by Gasteiger charge is 2.04. The molecule has 146 valence electrons. The van der Waals surface area contributed by atoms with Gasteiger partial charge in [0.1, 0.15) is 0 Å². The van der Waals surface area contributed by atoms with E-state index in [0.29, 0.717) is 0 Å². The van der Waals surface area contributed by atoms with E-state index in [-0.39, 0.29) is 0 Å². The van der Waals surface area contributed by atoms with Crippen molar-refractivity contribution in [2.75, 3.05) is 0 Å². The number of nitrogens with zero attached hydrogens (tertiary/aromatic N) is 1. The van der Waals surface area contributed by atoms with Gasteiger partial charge in [-0.05, 0) is 29.9 Å². The molecule has 2 aromatic rings. The summed E-state index contributed by atoms with van der Waals surface area (Å²) in [5.41, 5.74) is 3.43. The Morgan fingerprint density at radius 2 is 1.27 bits per heavy atom. The molecule has 0 unspecified atom stereocenters. The van der Waals surface area contributed by atoms with Crippen LogP contribution in [0.25, 0.3) is 9.75 Å². The Morgan fingerprint density at radius 3 is 1.81 bits per heavy atom. The molecule has 0 aromatic carbocycles. The van der Waals surface area contributed by atoms with Crippen LogP contribution in [0.4, 0.5) is 0 Å². The van der Waals surface area contributed by atoms with Crippen LogP contribution in [0.3, 0.4) is 0 Å². The van der Waals surface area contributed by atoms with Crippen LogP contribution in [0, 0.1) is 0 Å². The molecule has 3 heteroatoms. The van der Waals surface area contributed by atoms with Crippen LogP contribution >= 0.6 is 22.7 Å². The van der Waals surface area contributed by atoms with Crippen LogP contribution in [0.1, 0.15) is 102 Å². The van der Waals surface area contributed by atoms with Crippen LogP contribution < -0.4 is 0 Å². The van der Waals surface area contributed by atoms with Crippen molar-refractivity contribution in [1.82, 2.24) is 4.98 Å². The van der Waals surface area contributed by atoms with Crippen LogP contribution in [0.2, 0.25) is 0 Å². The van der Waals surface area contributed by atoms with Crippen molar-refractivity contribution in [3.8, 4) is 9.75 Å². The van der Waals surface area contributed by atoms with Crippen molar-refractivity contribution in [1.29, 1.82) is 0 Å². The number of hydrogen-bond donors (Lipinski definition) is 0. The van der Waals surface area contributed by atoms with E-state index in [2.05, 4.69) is 23.4 Å². The first-order chi connectivity index (χ1) is 12.9. The van der Waals surface area contributed by atoms with Gasteiger partial charge in [-0.1, -0.05) is 90.4 Å². The summed E-state index contributed by atoms with van der Waals surface area (Å²) in [6, 6.07) is 2.36. The van der Waals surface area contributed by atoms with Crippen molar-refractivity contribution >= 4 is 22.7 Å². The van der Waals surface area contributed by atoms with Gasteiger partial charge < -0.3 is 0 Å². The lowest BCUT2D eigenvalue weighted by molar-refractivity contribution is 0.535. The van der Waals surface area contributed by atoms with Gasteiger partial charge >= 0.3 is 0 Å². The zero-order valence-corrected chi connectivity index (χ0v) is 18.3. The number of unbranched alkanes of at least 4 members (excludes halogenated alkanes) is 13. The number of rotatable bonds is 16. The van der Waals surface area contributed by atoms with Crippen LogP contribution in [0.5, 0.6) is 0 Å². The van der Waals surface area contributed by atoms with Gasteiger partial charge in [-0.25, -0.2) is 0 Å². The van der Waals surface area contributed by atoms with Crippen LogP contribution in [-0.4, -0.2) is 4.98 Å². The molecule has 2 rings (SSSR count). The van der Waals surface area contributed by atoms with Gasteiger partial charge in [0.25, 0.3) is 0 Å². The Labute approximate surface area is 169 Å². The van der Waals surface area contributed by atoms with E-state index in [9.17, 15) is 0 Å². The lowest BCUT2D eigenvalue weighted by Crippen LogP contribution is -1.85. The van der Waals surface area contributed by atoms with Crippen LogP contribution in [-0.2, 0) is 6.42 Å². The molecule has 0 N–H and O–H groups in total. The monoisotopic (exact) mass is 391 g/mol.